The van der Waals surface area contributed by atoms with Crippen molar-refractivity contribution in [1.82, 2.24) is 5.32 Å². The molecular weight excluding hydrogens is 390 g/mol. The minimum Gasteiger partial charge on any atom is -0.496 e. The van der Waals surface area contributed by atoms with E-state index in [4.69, 9.17) is 9.47 Å². The second kappa shape index (κ2) is 9.60. The van der Waals surface area contributed by atoms with Crippen molar-refractivity contribution in [3.63, 3.8) is 0 Å². The van der Waals surface area contributed by atoms with Crippen molar-refractivity contribution in [1.29, 1.82) is 0 Å². The fourth-order valence-electron chi connectivity index (χ4n) is 2.53. The van der Waals surface area contributed by atoms with Gasteiger partial charge in [-0.2, -0.15) is 0 Å². The Labute approximate surface area is 175 Å². The normalized spacial score (nSPS) is 10.9. The van der Waals surface area contributed by atoms with Crippen molar-refractivity contribution in [3.05, 3.63) is 59.2 Å². The van der Waals surface area contributed by atoms with Crippen LogP contribution in [-0.2, 0) is 14.9 Å². The van der Waals surface area contributed by atoms with Gasteiger partial charge in [-0.1, -0.05) is 32.9 Å². The van der Waals surface area contributed by atoms with Gasteiger partial charge in [0, 0.05) is 10.5 Å². The second-order valence-corrected chi connectivity index (χ2v) is 8.23. The molecule has 0 aromatic heterocycles. The summed E-state index contributed by atoms with van der Waals surface area (Å²) in [6, 6.07) is 12.1. The summed E-state index contributed by atoms with van der Waals surface area (Å²) in [6.45, 7) is 5.65. The topological polar surface area (TPSA) is 81.7 Å². The van der Waals surface area contributed by atoms with Gasteiger partial charge in [-0.05, 0) is 47.6 Å². The second-order valence-electron chi connectivity index (χ2n) is 7.35. The lowest BCUT2D eigenvalue weighted by Crippen LogP contribution is -2.34. The molecule has 0 aliphatic carbocycles. The molecule has 0 unspecified atom stereocenters. The highest BCUT2D eigenvalue weighted by atomic mass is 32.2. The first kappa shape index (κ1) is 22.5. The Hall–Kier alpha value is -2.80. The predicted molar refractivity (Wildman–Crippen MR) is 113 cm³/mol. The van der Waals surface area contributed by atoms with Crippen molar-refractivity contribution in [2.75, 3.05) is 20.0 Å². The number of hydrogen-bond acceptors (Lipinski definition) is 6. The predicted octanol–water partition coefficient (Wildman–Crippen LogP) is 3.83. The van der Waals surface area contributed by atoms with Crippen LogP contribution in [0.15, 0.2) is 47.4 Å². The molecule has 2 aromatic carbocycles. The molecule has 0 atom stereocenters. The minimum atomic E-state index is -0.706. The van der Waals surface area contributed by atoms with Crippen molar-refractivity contribution in [3.8, 4) is 5.75 Å². The van der Waals surface area contributed by atoms with E-state index in [2.05, 4.69) is 26.1 Å². The lowest BCUT2D eigenvalue weighted by molar-refractivity contribution is -0.123. The number of hydrogen-bond donors (Lipinski definition) is 1. The van der Waals surface area contributed by atoms with Gasteiger partial charge < -0.3 is 9.47 Å². The highest BCUT2D eigenvalue weighted by molar-refractivity contribution is 7.98. The van der Waals surface area contributed by atoms with Crippen LogP contribution >= 0.6 is 11.8 Å². The standard InChI is InChI=1S/C22H25NO5S/c1-22(2,3)15-8-6-14(7-9-15)20(25)23-19(24)13-28-21(26)17-11-10-16(29-5)12-18(17)27-4/h6-12H,13H2,1-5H3,(H,23,24,25). The Balaban J connectivity index is 1.94. The van der Waals surface area contributed by atoms with E-state index in [9.17, 15) is 14.4 Å². The molecule has 0 bridgehead atoms. The fraction of sp³-hybridized carbons (Fsp3) is 0.318. The van der Waals surface area contributed by atoms with Crippen LogP contribution in [0, 0.1) is 0 Å². The number of thioether (sulfide) groups is 1. The van der Waals surface area contributed by atoms with Crippen molar-refractivity contribution in [2.45, 2.75) is 31.1 Å². The molecule has 2 amide bonds. The maximum atomic E-state index is 12.2. The van der Waals surface area contributed by atoms with Crippen LogP contribution in [0.4, 0.5) is 0 Å². The first-order valence-electron chi connectivity index (χ1n) is 8.99. The Morgan fingerprint density at radius 3 is 2.24 bits per heavy atom. The van der Waals surface area contributed by atoms with Gasteiger partial charge in [-0.3, -0.25) is 14.9 Å². The Kier molecular flexibility index (Phi) is 7.45. The molecule has 0 fully saturated rings. The maximum absolute atomic E-state index is 12.2. The lowest BCUT2D eigenvalue weighted by Gasteiger charge is -2.19. The van der Waals surface area contributed by atoms with E-state index in [1.54, 1.807) is 30.3 Å². The summed E-state index contributed by atoms with van der Waals surface area (Å²) in [4.78, 5) is 37.4. The number of benzene rings is 2. The van der Waals surface area contributed by atoms with E-state index >= 15 is 0 Å². The SMILES string of the molecule is COc1cc(SC)ccc1C(=O)OCC(=O)NC(=O)c1ccc(C(C)(C)C)cc1. The third-order valence-corrected chi connectivity index (χ3v) is 4.95. The number of carbonyl (C=O) groups is 3. The zero-order valence-electron chi connectivity index (χ0n) is 17.2. The number of imide groups is 1. The van der Waals surface area contributed by atoms with Crippen LogP contribution < -0.4 is 10.1 Å². The molecule has 0 saturated heterocycles. The van der Waals surface area contributed by atoms with E-state index in [0.717, 1.165) is 10.5 Å². The molecule has 2 rings (SSSR count). The van der Waals surface area contributed by atoms with Crippen LogP contribution in [0.2, 0.25) is 0 Å². The Bertz CT molecular complexity index is 900. The van der Waals surface area contributed by atoms with Crippen LogP contribution in [-0.4, -0.2) is 37.8 Å². The molecule has 154 valence electrons. The van der Waals surface area contributed by atoms with Crippen LogP contribution in [0.1, 0.15) is 47.1 Å². The number of carbonyl (C=O) groups excluding carboxylic acids is 3. The monoisotopic (exact) mass is 415 g/mol. The van der Waals surface area contributed by atoms with E-state index < -0.39 is 24.4 Å². The third-order valence-electron chi connectivity index (χ3n) is 4.23. The summed E-state index contributed by atoms with van der Waals surface area (Å²) >= 11 is 1.51. The number of nitrogens with one attached hydrogen (secondary N) is 1. The number of amides is 2. The van der Waals surface area contributed by atoms with Crippen molar-refractivity contribution >= 4 is 29.5 Å². The number of rotatable bonds is 6. The van der Waals surface area contributed by atoms with E-state index in [-0.39, 0.29) is 11.0 Å². The van der Waals surface area contributed by atoms with Gasteiger partial charge in [-0.15, -0.1) is 11.8 Å². The molecule has 0 aliphatic heterocycles. The zero-order valence-corrected chi connectivity index (χ0v) is 18.0. The summed E-state index contributed by atoms with van der Waals surface area (Å²) < 4.78 is 10.2. The van der Waals surface area contributed by atoms with Gasteiger partial charge >= 0.3 is 5.97 Å². The number of methoxy groups -OCH3 is 1. The van der Waals surface area contributed by atoms with Gasteiger partial charge in [0.1, 0.15) is 11.3 Å². The third kappa shape index (κ3) is 6.09. The number of esters is 1. The molecule has 0 spiro atoms. The van der Waals surface area contributed by atoms with Crippen molar-refractivity contribution in [2.24, 2.45) is 0 Å². The number of ether oxygens (including phenoxy) is 2. The van der Waals surface area contributed by atoms with Gasteiger partial charge in [0.05, 0.1) is 7.11 Å². The molecule has 1 N–H and O–H groups in total. The van der Waals surface area contributed by atoms with Gasteiger partial charge in [0.25, 0.3) is 11.8 Å². The fourth-order valence-corrected chi connectivity index (χ4v) is 2.96. The van der Waals surface area contributed by atoms with E-state index in [1.807, 2.05) is 18.4 Å². The highest BCUT2D eigenvalue weighted by Gasteiger charge is 2.18. The first-order valence-corrected chi connectivity index (χ1v) is 10.2. The molecule has 29 heavy (non-hydrogen) atoms. The van der Waals surface area contributed by atoms with Crippen LogP contribution in [0.5, 0.6) is 5.75 Å². The summed E-state index contributed by atoms with van der Waals surface area (Å²) in [5, 5.41) is 2.22. The van der Waals surface area contributed by atoms with Crippen molar-refractivity contribution < 1.29 is 23.9 Å². The largest absolute Gasteiger partial charge is 0.496 e. The summed E-state index contributed by atoms with van der Waals surface area (Å²) in [6.07, 6.45) is 1.91. The summed E-state index contributed by atoms with van der Waals surface area (Å²) in [5.74, 6) is -1.60. The molecule has 0 radical (unpaired) electrons. The van der Waals surface area contributed by atoms with Gasteiger partial charge in [0.15, 0.2) is 6.61 Å². The van der Waals surface area contributed by atoms with Crippen LogP contribution in [0.25, 0.3) is 0 Å². The highest BCUT2D eigenvalue weighted by Crippen LogP contribution is 2.26. The molecule has 0 heterocycles. The Morgan fingerprint density at radius 1 is 1.03 bits per heavy atom. The average molecular weight is 416 g/mol. The van der Waals surface area contributed by atoms with Gasteiger partial charge in [0.2, 0.25) is 0 Å². The van der Waals surface area contributed by atoms with E-state index in [1.165, 1.54) is 18.9 Å². The maximum Gasteiger partial charge on any atom is 0.342 e. The minimum absolute atomic E-state index is 0.0336. The smallest absolute Gasteiger partial charge is 0.342 e. The summed E-state index contributed by atoms with van der Waals surface area (Å²) in [5.41, 5.74) is 1.61. The first-order chi connectivity index (χ1) is 13.7. The molecular formula is C22H25NO5S. The Morgan fingerprint density at radius 2 is 1.69 bits per heavy atom. The average Bonchev–Trinajstić information content (AvgIpc) is 2.70. The molecule has 0 aliphatic rings. The molecule has 7 heteroatoms. The summed E-state index contributed by atoms with van der Waals surface area (Å²) in [7, 11) is 1.45. The van der Waals surface area contributed by atoms with Crippen LogP contribution in [0.3, 0.4) is 0 Å². The lowest BCUT2D eigenvalue weighted by atomic mass is 9.87. The zero-order chi connectivity index (χ0) is 21.6. The van der Waals surface area contributed by atoms with Gasteiger partial charge in [-0.25, -0.2) is 4.79 Å². The molecule has 0 saturated carbocycles. The van der Waals surface area contributed by atoms with E-state index in [0.29, 0.717) is 11.3 Å². The molecule has 6 nitrogen and oxygen atoms in total. The quantitative estimate of drug-likeness (QED) is 0.570. The molecule has 2 aromatic rings.